The lowest BCUT2D eigenvalue weighted by Gasteiger charge is -2.19. The highest BCUT2D eigenvalue weighted by molar-refractivity contribution is 6.25. The fourth-order valence-electron chi connectivity index (χ4n) is 7.84. The topological polar surface area (TPSA) is 13.1 Å². The molecule has 0 radical (unpaired) electrons. The van der Waals surface area contributed by atoms with Gasteiger partial charge in [0.05, 0.1) is 0 Å². The fourth-order valence-corrected chi connectivity index (χ4v) is 7.84. The second-order valence-corrected chi connectivity index (χ2v) is 12.4. The molecule has 0 aliphatic heterocycles. The molecule has 0 unspecified atom stereocenters. The SMILES string of the molecule is c1ccc(-c2c3ccccc3c(-c3cc(-c4cccc5oc6ccc7ccccc7c6c45)c4ccccc4c3)c3ccccc23)cc1. The molecule has 218 valence electrons. The van der Waals surface area contributed by atoms with Crippen LogP contribution in [-0.4, -0.2) is 0 Å². The largest absolute Gasteiger partial charge is 0.456 e. The van der Waals surface area contributed by atoms with E-state index in [9.17, 15) is 0 Å². The molecule has 1 nitrogen and oxygen atoms in total. The summed E-state index contributed by atoms with van der Waals surface area (Å²) in [5.74, 6) is 0. The smallest absolute Gasteiger partial charge is 0.136 e. The summed E-state index contributed by atoms with van der Waals surface area (Å²) in [6.07, 6.45) is 0. The van der Waals surface area contributed by atoms with Crippen LogP contribution in [0.25, 0.3) is 98.4 Å². The zero-order valence-corrected chi connectivity index (χ0v) is 25.6. The highest BCUT2D eigenvalue weighted by Crippen LogP contribution is 2.47. The maximum atomic E-state index is 6.52. The van der Waals surface area contributed by atoms with Crippen molar-refractivity contribution in [1.82, 2.24) is 0 Å². The van der Waals surface area contributed by atoms with Gasteiger partial charge in [0.2, 0.25) is 0 Å². The van der Waals surface area contributed by atoms with E-state index in [-0.39, 0.29) is 0 Å². The van der Waals surface area contributed by atoms with Crippen molar-refractivity contribution in [2.24, 2.45) is 0 Å². The number of furan rings is 1. The Morgan fingerprint density at radius 2 is 0.851 bits per heavy atom. The van der Waals surface area contributed by atoms with E-state index in [1.807, 2.05) is 0 Å². The second-order valence-electron chi connectivity index (χ2n) is 12.4. The van der Waals surface area contributed by atoms with Gasteiger partial charge in [0.1, 0.15) is 11.2 Å². The molecule has 0 N–H and O–H groups in total. The first-order valence-corrected chi connectivity index (χ1v) is 16.2. The summed E-state index contributed by atoms with van der Waals surface area (Å²) in [4.78, 5) is 0. The lowest BCUT2D eigenvalue weighted by Crippen LogP contribution is -1.92. The van der Waals surface area contributed by atoms with Gasteiger partial charge in [0, 0.05) is 10.8 Å². The predicted molar refractivity (Wildman–Crippen MR) is 200 cm³/mol. The molecule has 1 aromatic heterocycles. The molecule has 1 heterocycles. The number of hydrogen-bond acceptors (Lipinski definition) is 1. The summed E-state index contributed by atoms with van der Waals surface area (Å²) < 4.78 is 6.52. The van der Waals surface area contributed by atoms with Crippen molar-refractivity contribution in [3.05, 3.63) is 170 Å². The molecule has 0 spiro atoms. The van der Waals surface area contributed by atoms with Crippen LogP contribution in [0.5, 0.6) is 0 Å². The summed E-state index contributed by atoms with van der Waals surface area (Å²) in [6, 6.07) is 61.5. The first-order chi connectivity index (χ1) is 23.3. The molecule has 10 aromatic rings. The Morgan fingerprint density at radius 1 is 0.298 bits per heavy atom. The van der Waals surface area contributed by atoms with E-state index >= 15 is 0 Å². The standard InChI is InChI=1S/C46H28O/c1-2-14-30(15-3-1)43-35-19-8-10-21-37(35)44(38-22-11-9-20-36(38)43)32-27-31-16-5-6-17-33(31)40(28-32)39-23-12-24-41-46(39)45-34-18-7-4-13-29(34)25-26-42(45)47-41/h1-28H. The summed E-state index contributed by atoms with van der Waals surface area (Å²) in [5, 5.41) is 12.2. The van der Waals surface area contributed by atoms with Crippen molar-refractivity contribution >= 4 is 65.0 Å². The number of rotatable bonds is 3. The lowest BCUT2D eigenvalue weighted by molar-refractivity contribution is 0.669. The zero-order chi connectivity index (χ0) is 30.9. The van der Waals surface area contributed by atoms with Crippen molar-refractivity contribution in [1.29, 1.82) is 0 Å². The molecule has 0 atom stereocenters. The van der Waals surface area contributed by atoms with Gasteiger partial charge in [0.25, 0.3) is 0 Å². The molecule has 10 rings (SSSR count). The molecule has 9 aromatic carbocycles. The van der Waals surface area contributed by atoms with Crippen molar-refractivity contribution in [2.45, 2.75) is 0 Å². The minimum absolute atomic E-state index is 0.909. The van der Waals surface area contributed by atoms with Crippen molar-refractivity contribution in [3.63, 3.8) is 0 Å². The van der Waals surface area contributed by atoms with Crippen LogP contribution in [0.1, 0.15) is 0 Å². The van der Waals surface area contributed by atoms with Gasteiger partial charge in [-0.05, 0) is 101 Å². The van der Waals surface area contributed by atoms with Crippen LogP contribution >= 0.6 is 0 Å². The quantitative estimate of drug-likeness (QED) is 0.185. The van der Waals surface area contributed by atoms with Gasteiger partial charge in [-0.1, -0.05) is 146 Å². The number of fused-ring (bicyclic) bond motifs is 8. The Bertz CT molecular complexity index is 2780. The zero-order valence-electron chi connectivity index (χ0n) is 25.6. The van der Waals surface area contributed by atoms with Crippen molar-refractivity contribution in [2.75, 3.05) is 0 Å². The highest BCUT2D eigenvalue weighted by atomic mass is 16.3. The Balaban J connectivity index is 1.34. The molecule has 0 saturated carbocycles. The monoisotopic (exact) mass is 596 g/mol. The van der Waals surface area contributed by atoms with E-state index in [0.29, 0.717) is 0 Å². The molecular formula is C46H28O. The normalized spacial score (nSPS) is 11.8. The molecule has 1 heteroatoms. The van der Waals surface area contributed by atoms with E-state index in [0.717, 1.165) is 16.6 Å². The van der Waals surface area contributed by atoms with Gasteiger partial charge in [-0.15, -0.1) is 0 Å². The average Bonchev–Trinajstić information content (AvgIpc) is 3.53. The number of hydrogen-bond donors (Lipinski definition) is 0. The molecule has 0 fully saturated rings. The van der Waals surface area contributed by atoms with Gasteiger partial charge in [-0.2, -0.15) is 0 Å². The molecule has 47 heavy (non-hydrogen) atoms. The van der Waals surface area contributed by atoms with Gasteiger partial charge < -0.3 is 4.42 Å². The van der Waals surface area contributed by atoms with E-state index in [1.165, 1.54) is 81.9 Å². The third kappa shape index (κ3) is 3.90. The first kappa shape index (κ1) is 26.1. The maximum Gasteiger partial charge on any atom is 0.136 e. The van der Waals surface area contributed by atoms with Crippen molar-refractivity contribution < 1.29 is 4.42 Å². The van der Waals surface area contributed by atoms with E-state index in [1.54, 1.807) is 0 Å². The Morgan fingerprint density at radius 3 is 1.55 bits per heavy atom. The molecule has 0 aliphatic carbocycles. The minimum Gasteiger partial charge on any atom is -0.456 e. The van der Waals surface area contributed by atoms with E-state index < -0.39 is 0 Å². The van der Waals surface area contributed by atoms with Crippen LogP contribution < -0.4 is 0 Å². The predicted octanol–water partition coefficient (Wildman–Crippen LogP) is 13.2. The highest BCUT2D eigenvalue weighted by Gasteiger charge is 2.20. The van der Waals surface area contributed by atoms with Crippen LogP contribution in [0.4, 0.5) is 0 Å². The molecule has 0 bridgehead atoms. The van der Waals surface area contributed by atoms with E-state index in [4.69, 9.17) is 4.42 Å². The van der Waals surface area contributed by atoms with Crippen LogP contribution in [0, 0.1) is 0 Å². The molecule has 0 aliphatic rings. The lowest BCUT2D eigenvalue weighted by atomic mass is 9.84. The average molecular weight is 597 g/mol. The third-order valence-electron chi connectivity index (χ3n) is 9.82. The minimum atomic E-state index is 0.909. The van der Waals surface area contributed by atoms with Gasteiger partial charge >= 0.3 is 0 Å². The summed E-state index contributed by atoms with van der Waals surface area (Å²) >= 11 is 0. The van der Waals surface area contributed by atoms with Crippen molar-refractivity contribution in [3.8, 4) is 33.4 Å². The second kappa shape index (κ2) is 10.2. The maximum absolute atomic E-state index is 6.52. The summed E-state index contributed by atoms with van der Waals surface area (Å²) in [6.45, 7) is 0. The number of benzene rings is 9. The Hall–Kier alpha value is -6.18. The van der Waals surface area contributed by atoms with Crippen LogP contribution in [0.3, 0.4) is 0 Å². The van der Waals surface area contributed by atoms with E-state index in [2.05, 4.69) is 170 Å². The summed E-state index contributed by atoms with van der Waals surface area (Å²) in [7, 11) is 0. The third-order valence-corrected chi connectivity index (χ3v) is 9.82. The molecular weight excluding hydrogens is 569 g/mol. The van der Waals surface area contributed by atoms with Gasteiger partial charge in [-0.25, -0.2) is 0 Å². The van der Waals surface area contributed by atoms with Crippen LogP contribution in [0.15, 0.2) is 174 Å². The Kier molecular flexibility index (Phi) is 5.64. The Labute approximate surface area is 271 Å². The molecule has 0 saturated heterocycles. The first-order valence-electron chi connectivity index (χ1n) is 16.2. The fraction of sp³-hybridized carbons (Fsp3) is 0. The van der Waals surface area contributed by atoms with Gasteiger partial charge in [0.15, 0.2) is 0 Å². The molecule has 0 amide bonds. The van der Waals surface area contributed by atoms with Crippen LogP contribution in [0.2, 0.25) is 0 Å². The van der Waals surface area contributed by atoms with Gasteiger partial charge in [-0.3, -0.25) is 0 Å². The van der Waals surface area contributed by atoms with Crippen LogP contribution in [-0.2, 0) is 0 Å². The summed E-state index contributed by atoms with van der Waals surface area (Å²) in [5.41, 5.74) is 9.20.